The van der Waals surface area contributed by atoms with Crippen LogP contribution in [0, 0.1) is 6.92 Å². The fraction of sp³-hybridized carbons (Fsp3) is 0.278. The molecule has 0 fully saturated rings. The number of aromatic nitrogens is 2. The van der Waals surface area contributed by atoms with E-state index in [4.69, 9.17) is 0 Å². The lowest BCUT2D eigenvalue weighted by atomic mass is 10.0. The van der Waals surface area contributed by atoms with Gasteiger partial charge < -0.3 is 4.90 Å². The first-order valence-corrected chi connectivity index (χ1v) is 8.55. The van der Waals surface area contributed by atoms with Crippen molar-refractivity contribution in [1.82, 2.24) is 14.5 Å². The standard InChI is InChI=1S/C18H19N3O2S/c1-12-15(13-7-5-4-6-8-13)16-17(24-12)19-11-21(18(16)23)10-9-14(22)20(2)3/h4-8,11H,9-10H2,1-3H3. The molecule has 0 aliphatic carbocycles. The maximum absolute atomic E-state index is 12.9. The number of carbonyl (C=O) groups excluding carboxylic acids is 1. The molecule has 2 heterocycles. The van der Waals surface area contributed by atoms with Crippen LogP contribution in [0.3, 0.4) is 0 Å². The molecule has 0 aliphatic rings. The molecule has 0 atom stereocenters. The van der Waals surface area contributed by atoms with E-state index in [0.717, 1.165) is 20.8 Å². The van der Waals surface area contributed by atoms with Crippen molar-refractivity contribution in [1.29, 1.82) is 0 Å². The van der Waals surface area contributed by atoms with Gasteiger partial charge in [0.05, 0.1) is 11.7 Å². The van der Waals surface area contributed by atoms with Crippen molar-refractivity contribution in [2.75, 3.05) is 14.1 Å². The molecule has 5 nitrogen and oxygen atoms in total. The van der Waals surface area contributed by atoms with Gasteiger partial charge in [0.15, 0.2) is 0 Å². The molecule has 2 aromatic heterocycles. The Labute approximate surface area is 144 Å². The molecule has 1 amide bonds. The summed E-state index contributed by atoms with van der Waals surface area (Å²) in [7, 11) is 3.42. The maximum Gasteiger partial charge on any atom is 0.262 e. The molecule has 6 heteroatoms. The topological polar surface area (TPSA) is 55.2 Å². The van der Waals surface area contributed by atoms with Crippen LogP contribution in [-0.4, -0.2) is 34.5 Å². The number of amides is 1. The van der Waals surface area contributed by atoms with E-state index >= 15 is 0 Å². The number of carbonyl (C=O) groups is 1. The fourth-order valence-corrected chi connectivity index (χ4v) is 3.69. The Balaban J connectivity index is 2.08. The average Bonchev–Trinajstić information content (AvgIpc) is 2.91. The molecule has 3 aromatic rings. The zero-order valence-electron chi connectivity index (χ0n) is 13.9. The van der Waals surface area contributed by atoms with Gasteiger partial charge >= 0.3 is 0 Å². The van der Waals surface area contributed by atoms with Crippen LogP contribution in [0.15, 0.2) is 41.5 Å². The predicted octanol–water partition coefficient (Wildman–Crippen LogP) is 2.91. The van der Waals surface area contributed by atoms with E-state index in [9.17, 15) is 9.59 Å². The largest absolute Gasteiger partial charge is 0.349 e. The minimum atomic E-state index is -0.0882. The molecule has 3 rings (SSSR count). The molecular formula is C18H19N3O2S. The highest BCUT2D eigenvalue weighted by Gasteiger charge is 2.17. The van der Waals surface area contributed by atoms with Gasteiger partial charge in [0.25, 0.3) is 5.56 Å². The van der Waals surface area contributed by atoms with E-state index in [1.54, 1.807) is 20.4 Å². The third-order valence-corrected chi connectivity index (χ3v) is 5.00. The summed E-state index contributed by atoms with van der Waals surface area (Å²) >= 11 is 1.53. The lowest BCUT2D eigenvalue weighted by molar-refractivity contribution is -0.128. The van der Waals surface area contributed by atoms with Gasteiger partial charge in [-0.1, -0.05) is 30.3 Å². The summed E-state index contributed by atoms with van der Waals surface area (Å²) in [5.74, 6) is -0.00761. The second-order valence-corrected chi connectivity index (χ2v) is 7.06. The van der Waals surface area contributed by atoms with Crippen LogP contribution in [0.1, 0.15) is 11.3 Å². The van der Waals surface area contributed by atoms with E-state index in [0.29, 0.717) is 11.9 Å². The predicted molar refractivity (Wildman–Crippen MR) is 97.4 cm³/mol. The van der Waals surface area contributed by atoms with Gasteiger partial charge in [-0.05, 0) is 12.5 Å². The van der Waals surface area contributed by atoms with Gasteiger partial charge in [0.1, 0.15) is 4.83 Å². The van der Waals surface area contributed by atoms with Crippen molar-refractivity contribution in [3.8, 4) is 11.1 Å². The first-order chi connectivity index (χ1) is 11.5. The number of benzene rings is 1. The van der Waals surface area contributed by atoms with Crippen molar-refractivity contribution in [3.05, 3.63) is 51.9 Å². The molecule has 0 saturated heterocycles. The second kappa shape index (κ2) is 6.57. The van der Waals surface area contributed by atoms with Crippen molar-refractivity contribution in [2.45, 2.75) is 19.9 Å². The van der Waals surface area contributed by atoms with E-state index in [1.165, 1.54) is 20.8 Å². The summed E-state index contributed by atoms with van der Waals surface area (Å²) in [6.07, 6.45) is 1.82. The Kier molecular flexibility index (Phi) is 4.49. The third kappa shape index (κ3) is 2.97. The third-order valence-electron chi connectivity index (χ3n) is 3.98. The molecule has 0 unspecified atom stereocenters. The summed E-state index contributed by atoms with van der Waals surface area (Å²) in [6.45, 7) is 2.34. The van der Waals surface area contributed by atoms with Gasteiger partial charge in [-0.15, -0.1) is 11.3 Å². The quantitative estimate of drug-likeness (QED) is 0.733. The SMILES string of the molecule is Cc1sc2ncn(CCC(=O)N(C)C)c(=O)c2c1-c1ccccc1. The summed E-state index contributed by atoms with van der Waals surface area (Å²) in [6, 6.07) is 9.88. The molecule has 0 N–H and O–H groups in total. The van der Waals surface area contributed by atoms with Crippen LogP contribution < -0.4 is 5.56 Å². The molecular weight excluding hydrogens is 322 g/mol. The van der Waals surface area contributed by atoms with Crippen LogP contribution in [-0.2, 0) is 11.3 Å². The highest BCUT2D eigenvalue weighted by atomic mass is 32.1. The number of fused-ring (bicyclic) bond motifs is 1. The molecule has 24 heavy (non-hydrogen) atoms. The number of hydrogen-bond donors (Lipinski definition) is 0. The number of hydrogen-bond acceptors (Lipinski definition) is 4. The number of rotatable bonds is 4. The fourth-order valence-electron chi connectivity index (χ4n) is 2.69. The van der Waals surface area contributed by atoms with E-state index in [-0.39, 0.29) is 17.9 Å². The van der Waals surface area contributed by atoms with E-state index in [1.807, 2.05) is 37.3 Å². The van der Waals surface area contributed by atoms with Crippen molar-refractivity contribution >= 4 is 27.5 Å². The Morgan fingerprint density at radius 3 is 2.62 bits per heavy atom. The van der Waals surface area contributed by atoms with Crippen LogP contribution in [0.25, 0.3) is 21.3 Å². The molecule has 1 aromatic carbocycles. The highest BCUT2D eigenvalue weighted by molar-refractivity contribution is 7.19. The van der Waals surface area contributed by atoms with E-state index in [2.05, 4.69) is 4.98 Å². The van der Waals surface area contributed by atoms with Crippen molar-refractivity contribution in [3.63, 3.8) is 0 Å². The normalized spacial score (nSPS) is 11.0. The first-order valence-electron chi connectivity index (χ1n) is 7.73. The zero-order valence-corrected chi connectivity index (χ0v) is 14.8. The minimum Gasteiger partial charge on any atom is -0.349 e. The first kappa shape index (κ1) is 16.4. The lowest BCUT2D eigenvalue weighted by Gasteiger charge is -2.11. The monoisotopic (exact) mass is 341 g/mol. The summed E-state index contributed by atoms with van der Waals surface area (Å²) in [5.41, 5.74) is 1.87. The van der Waals surface area contributed by atoms with Crippen molar-refractivity contribution in [2.24, 2.45) is 0 Å². The zero-order chi connectivity index (χ0) is 17.3. The Bertz CT molecular complexity index is 942. The smallest absolute Gasteiger partial charge is 0.262 e. The molecule has 0 saturated carbocycles. The Morgan fingerprint density at radius 2 is 1.96 bits per heavy atom. The second-order valence-electron chi connectivity index (χ2n) is 5.86. The minimum absolute atomic E-state index is 0.00761. The Hall–Kier alpha value is -2.47. The summed E-state index contributed by atoms with van der Waals surface area (Å²) < 4.78 is 1.53. The molecule has 0 radical (unpaired) electrons. The molecule has 0 bridgehead atoms. The summed E-state index contributed by atoms with van der Waals surface area (Å²) in [4.78, 5) is 32.5. The average molecular weight is 341 g/mol. The molecule has 124 valence electrons. The molecule has 0 aliphatic heterocycles. The van der Waals surface area contributed by atoms with Gasteiger partial charge in [-0.2, -0.15) is 0 Å². The van der Waals surface area contributed by atoms with Gasteiger partial charge in [-0.3, -0.25) is 14.2 Å². The maximum atomic E-state index is 12.9. The van der Waals surface area contributed by atoms with Crippen LogP contribution in [0.2, 0.25) is 0 Å². The van der Waals surface area contributed by atoms with Crippen LogP contribution >= 0.6 is 11.3 Å². The van der Waals surface area contributed by atoms with Gasteiger partial charge in [-0.25, -0.2) is 4.98 Å². The Morgan fingerprint density at radius 1 is 1.25 bits per heavy atom. The van der Waals surface area contributed by atoms with Crippen LogP contribution in [0.5, 0.6) is 0 Å². The highest BCUT2D eigenvalue weighted by Crippen LogP contribution is 2.35. The molecule has 0 spiro atoms. The van der Waals surface area contributed by atoms with Crippen molar-refractivity contribution < 1.29 is 4.79 Å². The van der Waals surface area contributed by atoms with E-state index < -0.39 is 0 Å². The number of nitrogens with zero attached hydrogens (tertiary/aromatic N) is 3. The van der Waals surface area contributed by atoms with Gasteiger partial charge in [0.2, 0.25) is 5.91 Å². The lowest BCUT2D eigenvalue weighted by Crippen LogP contribution is -2.26. The van der Waals surface area contributed by atoms with Crippen LogP contribution in [0.4, 0.5) is 0 Å². The van der Waals surface area contributed by atoms with Gasteiger partial charge in [0, 0.05) is 37.5 Å². The number of aryl methyl sites for hydroxylation is 2. The summed E-state index contributed by atoms with van der Waals surface area (Å²) in [5, 5.41) is 0.642. The number of thiophene rings is 1.